The van der Waals surface area contributed by atoms with Crippen molar-refractivity contribution in [1.82, 2.24) is 4.90 Å². The summed E-state index contributed by atoms with van der Waals surface area (Å²) in [5.74, 6) is 1.14. The van der Waals surface area contributed by atoms with Gasteiger partial charge in [-0.05, 0) is 61.3 Å². The highest BCUT2D eigenvalue weighted by molar-refractivity contribution is 5.81. The van der Waals surface area contributed by atoms with Gasteiger partial charge in [0.25, 0.3) is 5.91 Å². The fourth-order valence-electron chi connectivity index (χ4n) is 4.54. The van der Waals surface area contributed by atoms with Crippen molar-refractivity contribution in [2.45, 2.75) is 46.5 Å². The van der Waals surface area contributed by atoms with Crippen LogP contribution in [0.2, 0.25) is 0 Å². The van der Waals surface area contributed by atoms with E-state index in [-0.39, 0.29) is 24.4 Å². The van der Waals surface area contributed by atoms with Crippen LogP contribution in [0.5, 0.6) is 5.75 Å². The molecule has 2 aliphatic rings. The third-order valence-corrected chi connectivity index (χ3v) is 6.69. The Morgan fingerprint density at radius 3 is 2.10 bits per heavy atom. The SMILES string of the molecule is COc1ccc(N2CCN(C(=O)COC(=O)C3CCC(C(C)(C)C)CC3)CC2)cc1. The Labute approximate surface area is 180 Å². The van der Waals surface area contributed by atoms with Crippen molar-refractivity contribution >= 4 is 17.6 Å². The van der Waals surface area contributed by atoms with E-state index in [1.165, 1.54) is 0 Å². The van der Waals surface area contributed by atoms with E-state index in [0.717, 1.165) is 50.2 Å². The van der Waals surface area contributed by atoms with Crippen molar-refractivity contribution < 1.29 is 19.1 Å². The number of rotatable bonds is 5. The summed E-state index contributed by atoms with van der Waals surface area (Å²) in [4.78, 5) is 29.0. The number of esters is 1. The fourth-order valence-corrected chi connectivity index (χ4v) is 4.54. The van der Waals surface area contributed by atoms with E-state index in [0.29, 0.717) is 24.4 Å². The highest BCUT2D eigenvalue weighted by atomic mass is 16.5. The van der Waals surface area contributed by atoms with Gasteiger partial charge in [0.1, 0.15) is 5.75 Å². The van der Waals surface area contributed by atoms with Crippen molar-refractivity contribution in [3.8, 4) is 5.75 Å². The summed E-state index contributed by atoms with van der Waals surface area (Å²) >= 11 is 0. The fraction of sp³-hybridized carbons (Fsp3) is 0.667. The lowest BCUT2D eigenvalue weighted by Gasteiger charge is -2.37. The minimum atomic E-state index is -0.201. The van der Waals surface area contributed by atoms with Crippen LogP contribution in [0.25, 0.3) is 0 Å². The molecule has 1 aliphatic carbocycles. The molecule has 0 bridgehead atoms. The second-order valence-electron chi connectivity index (χ2n) is 9.59. The third kappa shape index (κ3) is 5.67. The first kappa shape index (κ1) is 22.4. The van der Waals surface area contributed by atoms with E-state index in [9.17, 15) is 9.59 Å². The normalized spacial score (nSPS) is 22.5. The summed E-state index contributed by atoms with van der Waals surface area (Å²) in [5, 5.41) is 0. The van der Waals surface area contributed by atoms with E-state index in [1.54, 1.807) is 12.0 Å². The summed E-state index contributed by atoms with van der Waals surface area (Å²) in [5.41, 5.74) is 1.42. The number of anilines is 1. The molecule has 1 aromatic rings. The molecule has 1 saturated heterocycles. The van der Waals surface area contributed by atoms with Crippen molar-refractivity contribution in [3.63, 3.8) is 0 Å². The number of amides is 1. The largest absolute Gasteiger partial charge is 0.497 e. The lowest BCUT2D eigenvalue weighted by atomic mass is 9.70. The van der Waals surface area contributed by atoms with Crippen molar-refractivity contribution in [2.75, 3.05) is 44.8 Å². The average molecular weight is 417 g/mol. The minimum absolute atomic E-state index is 0.0525. The Morgan fingerprint density at radius 1 is 0.967 bits per heavy atom. The maximum absolute atomic E-state index is 12.5. The summed E-state index contributed by atoms with van der Waals surface area (Å²) in [6.45, 7) is 9.47. The summed E-state index contributed by atoms with van der Waals surface area (Å²) in [7, 11) is 1.66. The Bertz CT molecular complexity index is 710. The van der Waals surface area contributed by atoms with Gasteiger partial charge in [-0.3, -0.25) is 9.59 Å². The van der Waals surface area contributed by atoms with Gasteiger partial charge in [-0.15, -0.1) is 0 Å². The van der Waals surface area contributed by atoms with Crippen molar-refractivity contribution in [2.24, 2.45) is 17.3 Å². The van der Waals surface area contributed by atoms with E-state index in [2.05, 4.69) is 25.7 Å². The number of hydrogen-bond acceptors (Lipinski definition) is 5. The predicted molar refractivity (Wildman–Crippen MR) is 118 cm³/mol. The molecule has 6 heteroatoms. The van der Waals surface area contributed by atoms with Crippen LogP contribution in [-0.4, -0.2) is 56.7 Å². The van der Waals surface area contributed by atoms with Gasteiger partial charge in [0, 0.05) is 31.9 Å². The number of ether oxygens (including phenoxy) is 2. The van der Waals surface area contributed by atoms with Gasteiger partial charge < -0.3 is 19.3 Å². The van der Waals surface area contributed by atoms with Gasteiger partial charge in [0.2, 0.25) is 0 Å². The number of piperazine rings is 1. The maximum Gasteiger partial charge on any atom is 0.309 e. The van der Waals surface area contributed by atoms with Crippen LogP contribution in [0.4, 0.5) is 5.69 Å². The minimum Gasteiger partial charge on any atom is -0.497 e. The number of methoxy groups -OCH3 is 1. The maximum atomic E-state index is 12.5. The van der Waals surface area contributed by atoms with Crippen LogP contribution in [0.3, 0.4) is 0 Å². The van der Waals surface area contributed by atoms with Crippen molar-refractivity contribution in [1.29, 1.82) is 0 Å². The van der Waals surface area contributed by atoms with E-state index < -0.39 is 0 Å². The van der Waals surface area contributed by atoms with Gasteiger partial charge in [0.05, 0.1) is 13.0 Å². The first-order valence-electron chi connectivity index (χ1n) is 11.1. The van der Waals surface area contributed by atoms with Crippen molar-refractivity contribution in [3.05, 3.63) is 24.3 Å². The van der Waals surface area contributed by atoms with E-state index >= 15 is 0 Å². The number of hydrogen-bond donors (Lipinski definition) is 0. The zero-order valence-corrected chi connectivity index (χ0v) is 18.9. The Hall–Kier alpha value is -2.24. The molecule has 1 aromatic carbocycles. The zero-order valence-electron chi connectivity index (χ0n) is 18.9. The average Bonchev–Trinajstić information content (AvgIpc) is 2.77. The molecule has 2 fully saturated rings. The molecule has 1 amide bonds. The number of benzene rings is 1. The van der Waals surface area contributed by atoms with Crippen LogP contribution >= 0.6 is 0 Å². The highest BCUT2D eigenvalue weighted by Crippen LogP contribution is 2.40. The van der Waals surface area contributed by atoms with Crippen LogP contribution in [-0.2, 0) is 14.3 Å². The molecule has 0 atom stereocenters. The third-order valence-electron chi connectivity index (χ3n) is 6.69. The molecule has 6 nitrogen and oxygen atoms in total. The predicted octanol–water partition coefficient (Wildman–Crippen LogP) is 3.74. The molecule has 0 N–H and O–H groups in total. The van der Waals surface area contributed by atoms with E-state index in [4.69, 9.17) is 9.47 Å². The van der Waals surface area contributed by atoms with Gasteiger partial charge in [0.15, 0.2) is 6.61 Å². The Morgan fingerprint density at radius 2 is 1.57 bits per heavy atom. The van der Waals surface area contributed by atoms with Gasteiger partial charge in [-0.2, -0.15) is 0 Å². The van der Waals surface area contributed by atoms with Crippen LogP contribution < -0.4 is 9.64 Å². The molecule has 0 aromatic heterocycles. The lowest BCUT2D eigenvalue weighted by molar-refractivity contribution is -0.157. The number of carbonyl (C=O) groups is 2. The Kier molecular flexibility index (Phi) is 7.27. The smallest absolute Gasteiger partial charge is 0.309 e. The van der Waals surface area contributed by atoms with E-state index in [1.807, 2.05) is 24.3 Å². The monoisotopic (exact) mass is 416 g/mol. The van der Waals surface area contributed by atoms with Gasteiger partial charge >= 0.3 is 5.97 Å². The summed E-state index contributed by atoms with van der Waals surface area (Å²) < 4.78 is 10.6. The van der Waals surface area contributed by atoms with Gasteiger partial charge in [-0.25, -0.2) is 0 Å². The first-order chi connectivity index (χ1) is 14.3. The number of nitrogens with zero attached hydrogens (tertiary/aromatic N) is 2. The van der Waals surface area contributed by atoms with Gasteiger partial charge in [-0.1, -0.05) is 20.8 Å². The molecule has 1 saturated carbocycles. The first-order valence-corrected chi connectivity index (χ1v) is 11.1. The molecule has 0 unspecified atom stereocenters. The topological polar surface area (TPSA) is 59.1 Å². The second kappa shape index (κ2) is 9.71. The molecule has 166 valence electrons. The molecule has 1 heterocycles. The summed E-state index contributed by atoms with van der Waals surface area (Å²) in [6.07, 6.45) is 3.86. The second-order valence-corrected chi connectivity index (χ2v) is 9.59. The standard InChI is InChI=1S/C24H36N2O4/c1-24(2,3)19-7-5-18(6-8-19)23(28)30-17-22(27)26-15-13-25(14-16-26)20-9-11-21(29-4)12-10-20/h9-12,18-19H,5-8,13-17H2,1-4H3. The molecule has 30 heavy (non-hydrogen) atoms. The highest BCUT2D eigenvalue weighted by Gasteiger charge is 2.33. The number of carbonyl (C=O) groups excluding carboxylic acids is 2. The zero-order chi connectivity index (χ0) is 21.7. The molecular weight excluding hydrogens is 380 g/mol. The molecular formula is C24H36N2O4. The van der Waals surface area contributed by atoms with Crippen LogP contribution in [0.1, 0.15) is 46.5 Å². The van der Waals surface area contributed by atoms with Crippen LogP contribution in [0, 0.1) is 17.3 Å². The summed E-state index contributed by atoms with van der Waals surface area (Å²) in [6, 6.07) is 7.96. The lowest BCUT2D eigenvalue weighted by Crippen LogP contribution is -2.50. The molecule has 0 spiro atoms. The molecule has 3 rings (SSSR count). The van der Waals surface area contributed by atoms with Crippen LogP contribution in [0.15, 0.2) is 24.3 Å². The quantitative estimate of drug-likeness (QED) is 0.685. The molecule has 1 aliphatic heterocycles. The Balaban J connectivity index is 1.39. The molecule has 0 radical (unpaired) electrons.